The summed E-state index contributed by atoms with van der Waals surface area (Å²) >= 11 is 3.66. The molecule has 1 aromatic heterocycles. The fraction of sp³-hybridized carbons (Fsp3) is 0.500. The number of hydrogen-bond donors (Lipinski definition) is 0. The molecule has 1 heterocycles. The van der Waals surface area contributed by atoms with E-state index < -0.39 is 0 Å². The van der Waals surface area contributed by atoms with Gasteiger partial charge in [0.25, 0.3) is 0 Å². The highest BCUT2D eigenvalue weighted by Gasteiger charge is 2.25. The van der Waals surface area contributed by atoms with Crippen LogP contribution in [0, 0.1) is 5.92 Å². The largest absolute Gasteiger partial charge is 0.260 e. The van der Waals surface area contributed by atoms with Gasteiger partial charge in [-0.2, -0.15) is 0 Å². The molecule has 0 aromatic carbocycles. The molecule has 0 radical (unpaired) electrons. The first-order valence-corrected chi connectivity index (χ1v) is 5.33. The summed E-state index contributed by atoms with van der Waals surface area (Å²) in [6.07, 6.45) is 5.93. The molecule has 0 aliphatic heterocycles. The lowest BCUT2D eigenvalue weighted by molar-refractivity contribution is 0.708. The predicted molar refractivity (Wildman–Crippen MR) is 53.2 cm³/mol. The Labute approximate surface area is 81.3 Å². The van der Waals surface area contributed by atoms with E-state index in [1.807, 2.05) is 18.3 Å². The Bertz CT molecular complexity index is 243. The zero-order valence-corrected chi connectivity index (χ0v) is 8.50. The second-order valence-electron chi connectivity index (χ2n) is 3.40. The van der Waals surface area contributed by atoms with Gasteiger partial charge in [0, 0.05) is 6.20 Å². The van der Waals surface area contributed by atoms with Gasteiger partial charge in [0.1, 0.15) is 0 Å². The van der Waals surface area contributed by atoms with Crippen LogP contribution in [0.5, 0.6) is 0 Å². The Kier molecular flexibility index (Phi) is 2.45. The molecule has 2 rings (SSSR count). The molecule has 1 atom stereocenters. The van der Waals surface area contributed by atoms with E-state index in [-0.39, 0.29) is 0 Å². The van der Waals surface area contributed by atoms with E-state index in [9.17, 15) is 0 Å². The maximum Gasteiger partial charge on any atom is 0.0570 e. The lowest BCUT2D eigenvalue weighted by Crippen LogP contribution is -1.93. The second-order valence-corrected chi connectivity index (χ2v) is 4.51. The number of pyridine rings is 1. The molecule has 64 valence electrons. The maximum atomic E-state index is 4.31. The lowest BCUT2D eigenvalue weighted by atomic mass is 10.1. The monoisotopic (exact) mass is 225 g/mol. The molecule has 0 spiro atoms. The lowest BCUT2D eigenvalue weighted by Gasteiger charge is -2.06. The number of rotatable bonds is 3. The van der Waals surface area contributed by atoms with Gasteiger partial charge in [-0.15, -0.1) is 0 Å². The van der Waals surface area contributed by atoms with Gasteiger partial charge in [-0.25, -0.2) is 0 Å². The van der Waals surface area contributed by atoms with E-state index in [1.54, 1.807) is 0 Å². The summed E-state index contributed by atoms with van der Waals surface area (Å²) in [5.74, 6) is 0.955. The van der Waals surface area contributed by atoms with Gasteiger partial charge in [0.2, 0.25) is 0 Å². The fourth-order valence-electron chi connectivity index (χ4n) is 1.33. The normalized spacial score (nSPS) is 19.1. The van der Waals surface area contributed by atoms with Crippen LogP contribution in [-0.2, 0) is 0 Å². The van der Waals surface area contributed by atoms with E-state index in [1.165, 1.54) is 25.0 Å². The topological polar surface area (TPSA) is 12.9 Å². The summed E-state index contributed by atoms with van der Waals surface area (Å²) in [6, 6.07) is 6.09. The molecule has 1 aliphatic rings. The molecule has 1 saturated carbocycles. The number of aromatic nitrogens is 1. The minimum atomic E-state index is 0.464. The Morgan fingerprint density at radius 1 is 1.50 bits per heavy atom. The van der Waals surface area contributed by atoms with E-state index in [0.29, 0.717) is 4.83 Å². The number of halogens is 1. The van der Waals surface area contributed by atoms with Crippen LogP contribution in [0.15, 0.2) is 24.4 Å². The van der Waals surface area contributed by atoms with Crippen molar-refractivity contribution in [3.05, 3.63) is 30.1 Å². The van der Waals surface area contributed by atoms with Crippen LogP contribution in [0.3, 0.4) is 0 Å². The molecule has 1 nitrogen and oxygen atoms in total. The zero-order chi connectivity index (χ0) is 8.39. The van der Waals surface area contributed by atoms with Crippen molar-refractivity contribution in [3.63, 3.8) is 0 Å². The van der Waals surface area contributed by atoms with Crippen LogP contribution < -0.4 is 0 Å². The summed E-state index contributed by atoms with van der Waals surface area (Å²) in [7, 11) is 0. The minimum Gasteiger partial charge on any atom is -0.260 e. The van der Waals surface area contributed by atoms with E-state index in [0.717, 1.165) is 5.92 Å². The van der Waals surface area contributed by atoms with Crippen molar-refractivity contribution in [2.45, 2.75) is 24.1 Å². The van der Waals surface area contributed by atoms with Crippen molar-refractivity contribution in [2.24, 2.45) is 5.92 Å². The highest BCUT2D eigenvalue weighted by molar-refractivity contribution is 9.09. The summed E-state index contributed by atoms with van der Waals surface area (Å²) in [5, 5.41) is 0. The average Bonchev–Trinajstić information content (AvgIpc) is 2.90. The van der Waals surface area contributed by atoms with Crippen LogP contribution in [-0.4, -0.2) is 4.98 Å². The van der Waals surface area contributed by atoms with Gasteiger partial charge in [-0.1, -0.05) is 34.8 Å². The maximum absolute atomic E-state index is 4.31. The molecular weight excluding hydrogens is 214 g/mol. The molecule has 0 unspecified atom stereocenters. The Hall–Kier alpha value is -0.370. The van der Waals surface area contributed by atoms with Crippen LogP contribution in [0.4, 0.5) is 0 Å². The predicted octanol–water partition coefficient (Wildman–Crippen LogP) is 3.32. The molecule has 1 fully saturated rings. The standard InChI is InChI=1S/C10H12BrN/c11-9(7-8-4-5-8)10-3-1-2-6-12-10/h1-3,6,8-9H,4-5,7H2/t9-/m0/s1. The number of alkyl halides is 1. The molecule has 0 N–H and O–H groups in total. The second kappa shape index (κ2) is 3.56. The smallest absolute Gasteiger partial charge is 0.0570 e. The van der Waals surface area contributed by atoms with Gasteiger partial charge >= 0.3 is 0 Å². The summed E-state index contributed by atoms with van der Waals surface area (Å²) < 4.78 is 0. The Morgan fingerprint density at radius 3 is 2.92 bits per heavy atom. The molecule has 0 bridgehead atoms. The summed E-state index contributed by atoms with van der Waals surface area (Å²) in [6.45, 7) is 0. The van der Waals surface area contributed by atoms with Crippen LogP contribution in [0.2, 0.25) is 0 Å². The first-order chi connectivity index (χ1) is 5.86. The quantitative estimate of drug-likeness (QED) is 0.720. The first kappa shape index (κ1) is 8.24. The van der Waals surface area contributed by atoms with E-state index in [4.69, 9.17) is 0 Å². The number of hydrogen-bond acceptors (Lipinski definition) is 1. The highest BCUT2D eigenvalue weighted by atomic mass is 79.9. The molecule has 0 amide bonds. The Balaban J connectivity index is 1.98. The van der Waals surface area contributed by atoms with Crippen molar-refractivity contribution in [3.8, 4) is 0 Å². The molecule has 0 saturated heterocycles. The van der Waals surface area contributed by atoms with E-state index in [2.05, 4.69) is 27.0 Å². The fourth-order valence-corrected chi connectivity index (χ4v) is 2.13. The van der Waals surface area contributed by atoms with Gasteiger partial charge in [0.15, 0.2) is 0 Å². The van der Waals surface area contributed by atoms with Gasteiger partial charge < -0.3 is 0 Å². The summed E-state index contributed by atoms with van der Waals surface area (Å²) in [5.41, 5.74) is 1.17. The third-order valence-electron chi connectivity index (χ3n) is 2.25. The molecule has 1 aromatic rings. The zero-order valence-electron chi connectivity index (χ0n) is 6.91. The van der Waals surface area contributed by atoms with Crippen LogP contribution in [0.25, 0.3) is 0 Å². The van der Waals surface area contributed by atoms with Crippen molar-refractivity contribution >= 4 is 15.9 Å². The summed E-state index contributed by atoms with van der Waals surface area (Å²) in [4.78, 5) is 4.78. The van der Waals surface area contributed by atoms with Crippen molar-refractivity contribution < 1.29 is 0 Å². The van der Waals surface area contributed by atoms with Crippen molar-refractivity contribution in [1.29, 1.82) is 0 Å². The number of nitrogens with zero attached hydrogens (tertiary/aromatic N) is 1. The van der Waals surface area contributed by atoms with E-state index >= 15 is 0 Å². The van der Waals surface area contributed by atoms with Gasteiger partial charge in [0.05, 0.1) is 10.5 Å². The van der Waals surface area contributed by atoms with Gasteiger partial charge in [-0.05, 0) is 24.5 Å². The average molecular weight is 226 g/mol. The highest BCUT2D eigenvalue weighted by Crippen LogP contribution is 2.40. The van der Waals surface area contributed by atoms with Crippen LogP contribution >= 0.6 is 15.9 Å². The first-order valence-electron chi connectivity index (χ1n) is 4.41. The van der Waals surface area contributed by atoms with Crippen LogP contribution in [0.1, 0.15) is 29.8 Å². The Morgan fingerprint density at radius 2 is 2.33 bits per heavy atom. The van der Waals surface area contributed by atoms with Crippen molar-refractivity contribution in [1.82, 2.24) is 4.98 Å². The van der Waals surface area contributed by atoms with Crippen molar-refractivity contribution in [2.75, 3.05) is 0 Å². The molecule has 1 aliphatic carbocycles. The minimum absolute atomic E-state index is 0.464. The molecule has 2 heteroatoms. The molecular formula is C10H12BrN. The third kappa shape index (κ3) is 2.07. The molecule has 12 heavy (non-hydrogen) atoms. The SMILES string of the molecule is Br[C@@H](CC1CC1)c1ccccn1. The van der Waals surface area contributed by atoms with Gasteiger partial charge in [-0.3, -0.25) is 4.98 Å². The third-order valence-corrected chi connectivity index (χ3v) is 3.09.